The molecule has 0 amide bonds. The molecule has 0 bridgehead atoms. The van der Waals surface area contributed by atoms with Crippen LogP contribution in [0.3, 0.4) is 0 Å². The molecule has 0 fully saturated rings. The predicted molar refractivity (Wildman–Crippen MR) is 83.1 cm³/mol. The van der Waals surface area contributed by atoms with Gasteiger partial charge in [-0.3, -0.25) is 0 Å². The van der Waals surface area contributed by atoms with Gasteiger partial charge in [0.25, 0.3) is 0 Å². The van der Waals surface area contributed by atoms with Crippen molar-refractivity contribution in [2.45, 2.75) is 17.9 Å². The van der Waals surface area contributed by atoms with Gasteiger partial charge in [0.05, 0.1) is 17.0 Å². The van der Waals surface area contributed by atoms with Gasteiger partial charge in [-0.25, -0.2) is 17.5 Å². The van der Waals surface area contributed by atoms with Crippen LogP contribution in [0.4, 0.5) is 4.39 Å². The molecule has 22 heavy (non-hydrogen) atoms. The van der Waals surface area contributed by atoms with E-state index in [1.807, 2.05) is 0 Å². The normalized spacial score (nSPS) is 12.9. The Labute approximate surface area is 133 Å². The third kappa shape index (κ3) is 3.76. The molecule has 0 aliphatic carbocycles. The maximum absolute atomic E-state index is 12.9. The Kier molecular flexibility index (Phi) is 5.05. The minimum Gasteiger partial charge on any atom is -0.495 e. The van der Waals surface area contributed by atoms with Crippen LogP contribution in [0.25, 0.3) is 0 Å². The van der Waals surface area contributed by atoms with Gasteiger partial charge in [0.15, 0.2) is 0 Å². The van der Waals surface area contributed by atoms with E-state index in [2.05, 4.69) is 4.72 Å². The van der Waals surface area contributed by atoms with Crippen LogP contribution in [0.1, 0.15) is 18.5 Å². The summed E-state index contributed by atoms with van der Waals surface area (Å²) in [5.74, 6) is 0.0212. The highest BCUT2D eigenvalue weighted by atomic mass is 35.5. The van der Waals surface area contributed by atoms with Crippen molar-refractivity contribution < 1.29 is 17.5 Å². The zero-order valence-electron chi connectivity index (χ0n) is 12.0. The molecule has 0 saturated heterocycles. The largest absolute Gasteiger partial charge is 0.495 e. The van der Waals surface area contributed by atoms with Crippen molar-refractivity contribution in [1.29, 1.82) is 0 Å². The quantitative estimate of drug-likeness (QED) is 0.903. The molecule has 7 heteroatoms. The molecular weight excluding hydrogens is 329 g/mol. The fraction of sp³-hybridized carbons (Fsp3) is 0.200. The van der Waals surface area contributed by atoms with E-state index >= 15 is 0 Å². The van der Waals surface area contributed by atoms with E-state index in [0.29, 0.717) is 11.3 Å². The molecule has 118 valence electrons. The molecule has 2 aromatic carbocycles. The first-order valence-electron chi connectivity index (χ1n) is 6.45. The van der Waals surface area contributed by atoms with Crippen molar-refractivity contribution in [3.05, 3.63) is 58.9 Å². The molecule has 0 saturated carbocycles. The SMILES string of the molecule is COc1ccc(S(=O)(=O)NC(C)c2ccc(F)cc2)cc1Cl. The predicted octanol–water partition coefficient (Wildman–Crippen LogP) is 3.53. The van der Waals surface area contributed by atoms with Crippen molar-refractivity contribution in [3.8, 4) is 5.75 Å². The zero-order valence-corrected chi connectivity index (χ0v) is 13.6. The Morgan fingerprint density at radius 2 is 1.82 bits per heavy atom. The van der Waals surface area contributed by atoms with Crippen LogP contribution < -0.4 is 9.46 Å². The van der Waals surface area contributed by atoms with Crippen LogP contribution in [0.5, 0.6) is 5.75 Å². The summed E-state index contributed by atoms with van der Waals surface area (Å²) in [4.78, 5) is 0.0345. The Morgan fingerprint density at radius 3 is 2.36 bits per heavy atom. The fourth-order valence-electron chi connectivity index (χ4n) is 1.93. The molecule has 0 aromatic heterocycles. The highest BCUT2D eigenvalue weighted by Gasteiger charge is 2.19. The smallest absolute Gasteiger partial charge is 0.241 e. The van der Waals surface area contributed by atoms with E-state index in [-0.39, 0.29) is 15.7 Å². The van der Waals surface area contributed by atoms with Crippen molar-refractivity contribution >= 4 is 21.6 Å². The minimum atomic E-state index is -3.75. The topological polar surface area (TPSA) is 55.4 Å². The third-order valence-electron chi connectivity index (χ3n) is 3.14. The number of hydrogen-bond acceptors (Lipinski definition) is 3. The third-order valence-corrected chi connectivity index (χ3v) is 4.97. The Bertz CT molecular complexity index is 763. The molecule has 2 rings (SSSR count). The lowest BCUT2D eigenvalue weighted by atomic mass is 10.1. The first-order valence-corrected chi connectivity index (χ1v) is 8.31. The number of halogens is 2. The summed E-state index contributed by atoms with van der Waals surface area (Å²) >= 11 is 5.95. The molecule has 1 atom stereocenters. The lowest BCUT2D eigenvalue weighted by Crippen LogP contribution is -2.26. The molecule has 1 unspecified atom stereocenters. The Morgan fingerprint density at radius 1 is 1.18 bits per heavy atom. The van der Waals surface area contributed by atoms with Crippen LogP contribution >= 0.6 is 11.6 Å². The summed E-state index contributed by atoms with van der Waals surface area (Å²) in [6, 6.07) is 9.33. The summed E-state index contributed by atoms with van der Waals surface area (Å²) in [5.41, 5.74) is 0.657. The molecule has 1 N–H and O–H groups in total. The van der Waals surface area contributed by atoms with E-state index in [9.17, 15) is 12.8 Å². The zero-order chi connectivity index (χ0) is 16.3. The van der Waals surface area contributed by atoms with Gasteiger partial charge in [-0.05, 0) is 42.8 Å². The van der Waals surface area contributed by atoms with Crippen LogP contribution in [-0.4, -0.2) is 15.5 Å². The molecule has 2 aromatic rings. The van der Waals surface area contributed by atoms with Crippen LogP contribution in [0, 0.1) is 5.82 Å². The van der Waals surface area contributed by atoms with Crippen molar-refractivity contribution in [2.75, 3.05) is 7.11 Å². The average molecular weight is 344 g/mol. The van der Waals surface area contributed by atoms with Crippen molar-refractivity contribution in [2.24, 2.45) is 0 Å². The second-order valence-corrected chi connectivity index (χ2v) is 6.81. The van der Waals surface area contributed by atoms with E-state index in [1.54, 1.807) is 6.92 Å². The van der Waals surface area contributed by atoms with Gasteiger partial charge in [-0.1, -0.05) is 23.7 Å². The molecule has 0 aliphatic rings. The molecule has 0 radical (unpaired) electrons. The second-order valence-electron chi connectivity index (χ2n) is 4.69. The number of ether oxygens (including phenoxy) is 1. The van der Waals surface area contributed by atoms with E-state index in [1.165, 1.54) is 49.6 Å². The molecule has 0 spiro atoms. The Hall–Kier alpha value is -1.63. The van der Waals surface area contributed by atoms with Crippen molar-refractivity contribution in [3.63, 3.8) is 0 Å². The fourth-order valence-corrected chi connectivity index (χ4v) is 3.51. The highest BCUT2D eigenvalue weighted by molar-refractivity contribution is 7.89. The van der Waals surface area contributed by atoms with Gasteiger partial charge in [0.2, 0.25) is 10.0 Å². The highest BCUT2D eigenvalue weighted by Crippen LogP contribution is 2.27. The first kappa shape index (κ1) is 16.7. The van der Waals surface area contributed by atoms with Crippen LogP contribution in [0.2, 0.25) is 5.02 Å². The molecule has 4 nitrogen and oxygen atoms in total. The van der Waals surface area contributed by atoms with Gasteiger partial charge in [0.1, 0.15) is 11.6 Å². The lowest BCUT2D eigenvalue weighted by molar-refractivity contribution is 0.414. The molecule has 0 aliphatic heterocycles. The average Bonchev–Trinajstić information content (AvgIpc) is 2.47. The number of nitrogens with one attached hydrogen (secondary N) is 1. The standard InChI is InChI=1S/C15H15ClFNO3S/c1-10(11-3-5-12(17)6-4-11)18-22(19,20)13-7-8-15(21-2)14(16)9-13/h3-10,18H,1-2H3. The minimum absolute atomic E-state index is 0.0345. The van der Waals surface area contributed by atoms with E-state index in [4.69, 9.17) is 16.3 Å². The number of hydrogen-bond donors (Lipinski definition) is 1. The maximum Gasteiger partial charge on any atom is 0.241 e. The Balaban J connectivity index is 2.23. The van der Waals surface area contributed by atoms with Gasteiger partial charge < -0.3 is 4.74 Å². The summed E-state index contributed by atoms with van der Waals surface area (Å²) in [6.07, 6.45) is 0. The summed E-state index contributed by atoms with van der Waals surface area (Å²) in [6.45, 7) is 1.68. The number of sulfonamides is 1. The summed E-state index contributed by atoms with van der Waals surface area (Å²) < 4.78 is 45.1. The van der Waals surface area contributed by atoms with Gasteiger partial charge >= 0.3 is 0 Å². The van der Waals surface area contributed by atoms with Gasteiger partial charge in [0, 0.05) is 6.04 Å². The lowest BCUT2D eigenvalue weighted by Gasteiger charge is -2.15. The van der Waals surface area contributed by atoms with E-state index < -0.39 is 16.1 Å². The van der Waals surface area contributed by atoms with E-state index in [0.717, 1.165) is 0 Å². The first-order chi connectivity index (χ1) is 10.3. The van der Waals surface area contributed by atoms with Gasteiger partial charge in [-0.15, -0.1) is 0 Å². The monoisotopic (exact) mass is 343 g/mol. The van der Waals surface area contributed by atoms with Crippen LogP contribution in [-0.2, 0) is 10.0 Å². The van der Waals surface area contributed by atoms with Crippen molar-refractivity contribution in [1.82, 2.24) is 4.72 Å². The van der Waals surface area contributed by atoms with Crippen LogP contribution in [0.15, 0.2) is 47.4 Å². The maximum atomic E-state index is 12.9. The van der Waals surface area contributed by atoms with Gasteiger partial charge in [-0.2, -0.15) is 0 Å². The molecule has 0 heterocycles. The second kappa shape index (κ2) is 6.64. The number of benzene rings is 2. The number of rotatable bonds is 5. The number of methoxy groups -OCH3 is 1. The summed E-state index contributed by atoms with van der Waals surface area (Å²) in [5, 5.41) is 0.208. The molecular formula is C15H15ClFNO3S. The summed E-state index contributed by atoms with van der Waals surface area (Å²) in [7, 11) is -2.30.